The minimum absolute atomic E-state index is 0.0360. The van der Waals surface area contributed by atoms with Gasteiger partial charge in [-0.05, 0) is 27.7 Å². The number of carbonyl (C=O) groups excluding carboxylic acids is 2. The molecule has 0 aliphatic rings. The van der Waals surface area contributed by atoms with Crippen LogP contribution in [0.2, 0.25) is 0 Å². The number of esters is 2. The van der Waals surface area contributed by atoms with E-state index in [4.69, 9.17) is 9.47 Å². The van der Waals surface area contributed by atoms with Crippen LogP contribution in [-0.2, 0) is 19.1 Å². The molecular weight excluding hydrogens is 222 g/mol. The van der Waals surface area contributed by atoms with Crippen LogP contribution in [0.25, 0.3) is 0 Å². The Hall–Kier alpha value is -1.39. The molecule has 0 saturated heterocycles. The second-order valence-corrected chi connectivity index (χ2v) is 3.75. The summed E-state index contributed by atoms with van der Waals surface area (Å²) in [5.41, 5.74) is 0.511. The Kier molecular flexibility index (Phi) is 8.01. The quantitative estimate of drug-likeness (QED) is 0.504. The summed E-state index contributed by atoms with van der Waals surface area (Å²) in [5, 5.41) is 0. The third-order valence-corrected chi connectivity index (χ3v) is 1.75. The van der Waals surface area contributed by atoms with E-state index in [0.717, 1.165) is 0 Å². The minimum Gasteiger partial charge on any atom is -0.466 e. The van der Waals surface area contributed by atoms with E-state index in [0.29, 0.717) is 18.9 Å². The first-order valence-corrected chi connectivity index (χ1v) is 5.86. The number of hydrogen-bond acceptors (Lipinski definition) is 5. The lowest BCUT2D eigenvalue weighted by atomic mass is 10.2. The molecule has 0 saturated carbocycles. The van der Waals surface area contributed by atoms with Gasteiger partial charge in [0.2, 0.25) is 0 Å². The zero-order valence-corrected chi connectivity index (χ0v) is 11.0. The van der Waals surface area contributed by atoms with Crippen molar-refractivity contribution in [2.45, 2.75) is 46.6 Å². The van der Waals surface area contributed by atoms with Crippen LogP contribution < -0.4 is 0 Å². The molecule has 5 heteroatoms. The van der Waals surface area contributed by atoms with E-state index in [1.54, 1.807) is 13.8 Å². The normalized spacial score (nSPS) is 9.94. The summed E-state index contributed by atoms with van der Waals surface area (Å²) < 4.78 is 9.65. The van der Waals surface area contributed by atoms with Gasteiger partial charge in [0, 0.05) is 11.8 Å². The van der Waals surface area contributed by atoms with E-state index < -0.39 is 0 Å². The molecule has 0 rings (SSSR count). The maximum atomic E-state index is 11.3. The molecule has 0 spiro atoms. The smallest absolute Gasteiger partial charge is 0.311 e. The molecule has 98 valence electrons. The fourth-order valence-corrected chi connectivity index (χ4v) is 1.28. The van der Waals surface area contributed by atoms with Gasteiger partial charge in [-0.15, -0.1) is 0 Å². The molecule has 0 radical (unpaired) electrons. The van der Waals surface area contributed by atoms with Crippen LogP contribution in [0.5, 0.6) is 0 Å². The topological polar surface area (TPSA) is 65.0 Å². The zero-order chi connectivity index (χ0) is 13.3. The molecule has 0 aromatic heterocycles. The van der Waals surface area contributed by atoms with Gasteiger partial charge >= 0.3 is 11.9 Å². The lowest BCUT2D eigenvalue weighted by Gasteiger charge is -2.08. The fraction of sp³-hybridized carbons (Fsp3) is 0.750. The molecule has 0 fully saturated rings. The van der Waals surface area contributed by atoms with E-state index in [1.165, 1.54) is 0 Å². The van der Waals surface area contributed by atoms with E-state index in [1.807, 2.05) is 13.8 Å². The molecule has 0 amide bonds. The molecule has 0 aromatic rings. The molecule has 0 aliphatic heterocycles. The van der Waals surface area contributed by atoms with Crippen molar-refractivity contribution in [3.8, 4) is 0 Å². The van der Waals surface area contributed by atoms with Crippen molar-refractivity contribution in [1.82, 2.24) is 0 Å². The van der Waals surface area contributed by atoms with Crippen LogP contribution in [-0.4, -0.2) is 36.9 Å². The summed E-state index contributed by atoms with van der Waals surface area (Å²) in [6, 6.07) is 0.0360. The third-order valence-electron chi connectivity index (χ3n) is 1.75. The van der Waals surface area contributed by atoms with Crippen LogP contribution in [0.1, 0.15) is 40.5 Å². The highest BCUT2D eigenvalue weighted by Crippen LogP contribution is 2.02. The van der Waals surface area contributed by atoms with Gasteiger partial charge in [-0.1, -0.05) is 0 Å². The molecule has 5 nitrogen and oxygen atoms in total. The summed E-state index contributed by atoms with van der Waals surface area (Å²) in [6.45, 7) is 7.90. The molecule has 0 atom stereocenters. The van der Waals surface area contributed by atoms with Gasteiger partial charge in [-0.25, -0.2) is 0 Å². The average molecular weight is 243 g/mol. The van der Waals surface area contributed by atoms with Crippen molar-refractivity contribution in [3.63, 3.8) is 0 Å². The second-order valence-electron chi connectivity index (χ2n) is 3.75. The van der Waals surface area contributed by atoms with E-state index >= 15 is 0 Å². The largest absolute Gasteiger partial charge is 0.466 e. The number of carbonyl (C=O) groups is 2. The third kappa shape index (κ3) is 8.42. The van der Waals surface area contributed by atoms with Gasteiger partial charge in [0.15, 0.2) is 0 Å². The van der Waals surface area contributed by atoms with Gasteiger partial charge in [-0.2, -0.15) is 0 Å². The number of ether oxygens (including phenoxy) is 2. The first-order valence-electron chi connectivity index (χ1n) is 5.86. The first kappa shape index (κ1) is 15.6. The van der Waals surface area contributed by atoms with Crippen LogP contribution in [0.3, 0.4) is 0 Å². The van der Waals surface area contributed by atoms with Crippen LogP contribution in [0.15, 0.2) is 4.99 Å². The van der Waals surface area contributed by atoms with Crippen LogP contribution >= 0.6 is 0 Å². The summed E-state index contributed by atoms with van der Waals surface area (Å²) in [5.74, 6) is -0.729. The average Bonchev–Trinajstić information content (AvgIpc) is 2.16. The lowest BCUT2D eigenvalue weighted by Crippen LogP contribution is -2.18. The molecule has 0 unspecified atom stereocenters. The van der Waals surface area contributed by atoms with Crippen molar-refractivity contribution < 1.29 is 19.1 Å². The fourth-order valence-electron chi connectivity index (χ4n) is 1.28. The predicted octanol–water partition coefficient (Wildman–Crippen LogP) is 1.74. The molecular formula is C12H21NO4. The highest BCUT2D eigenvalue weighted by molar-refractivity contribution is 6.06. The Bertz CT molecular complexity index is 262. The summed E-state index contributed by atoms with van der Waals surface area (Å²) in [7, 11) is 0. The Balaban J connectivity index is 4.44. The zero-order valence-electron chi connectivity index (χ0n) is 11.0. The number of hydrogen-bond donors (Lipinski definition) is 0. The number of nitrogens with zero attached hydrogens (tertiary/aromatic N) is 1. The van der Waals surface area contributed by atoms with Gasteiger partial charge in [0.25, 0.3) is 0 Å². The molecule has 0 aromatic carbocycles. The van der Waals surface area contributed by atoms with Crippen LogP contribution in [0.4, 0.5) is 0 Å². The Morgan fingerprint density at radius 3 is 1.71 bits per heavy atom. The molecule has 17 heavy (non-hydrogen) atoms. The standard InChI is InChI=1S/C12H21NO4/c1-5-16-11(14)7-10(13-9(3)4)8-12(15)17-6-2/h9H,5-8H2,1-4H3. The van der Waals surface area contributed by atoms with Crippen molar-refractivity contribution in [2.24, 2.45) is 4.99 Å². The maximum absolute atomic E-state index is 11.3. The molecule has 0 heterocycles. The van der Waals surface area contributed by atoms with Crippen molar-refractivity contribution in [2.75, 3.05) is 13.2 Å². The monoisotopic (exact) mass is 243 g/mol. The van der Waals surface area contributed by atoms with Gasteiger partial charge in [0.1, 0.15) is 0 Å². The summed E-state index contributed by atoms with van der Waals surface area (Å²) >= 11 is 0. The number of rotatable bonds is 7. The molecule has 0 aliphatic carbocycles. The second kappa shape index (κ2) is 8.73. The van der Waals surface area contributed by atoms with E-state index in [9.17, 15) is 9.59 Å². The van der Waals surface area contributed by atoms with Crippen molar-refractivity contribution in [1.29, 1.82) is 0 Å². The summed E-state index contributed by atoms with van der Waals surface area (Å²) in [4.78, 5) is 26.9. The van der Waals surface area contributed by atoms with Crippen molar-refractivity contribution in [3.05, 3.63) is 0 Å². The molecule has 0 N–H and O–H groups in total. The van der Waals surface area contributed by atoms with Crippen molar-refractivity contribution >= 4 is 17.7 Å². The Labute approximate surface area is 102 Å². The van der Waals surface area contributed by atoms with Gasteiger partial charge in [0.05, 0.1) is 26.1 Å². The van der Waals surface area contributed by atoms with E-state index in [-0.39, 0.29) is 30.8 Å². The lowest BCUT2D eigenvalue weighted by molar-refractivity contribution is -0.141. The Morgan fingerprint density at radius 1 is 1.00 bits per heavy atom. The number of aliphatic imine (C=N–C) groups is 1. The van der Waals surface area contributed by atoms with E-state index in [2.05, 4.69) is 4.99 Å². The summed E-state index contributed by atoms with van der Waals surface area (Å²) in [6.07, 6.45) is 0.0929. The van der Waals surface area contributed by atoms with Gasteiger partial charge < -0.3 is 9.47 Å². The van der Waals surface area contributed by atoms with Gasteiger partial charge in [-0.3, -0.25) is 14.6 Å². The maximum Gasteiger partial charge on any atom is 0.311 e. The first-order chi connectivity index (χ1) is 7.99. The molecule has 0 bridgehead atoms. The van der Waals surface area contributed by atoms with Crippen LogP contribution in [0, 0.1) is 0 Å². The Morgan fingerprint density at radius 2 is 1.41 bits per heavy atom. The highest BCUT2D eigenvalue weighted by Gasteiger charge is 2.14. The predicted molar refractivity (Wildman–Crippen MR) is 65.1 cm³/mol. The SMILES string of the molecule is CCOC(=O)CC(CC(=O)OCC)=NC(C)C. The highest BCUT2D eigenvalue weighted by atomic mass is 16.5. The minimum atomic E-state index is -0.365.